The molecule has 0 bridgehead atoms. The molecular weight excluding hydrogens is 238 g/mol. The van der Waals surface area contributed by atoms with E-state index in [9.17, 15) is 0 Å². The van der Waals surface area contributed by atoms with Crippen LogP contribution in [0.5, 0.6) is 0 Å². The van der Waals surface area contributed by atoms with Crippen molar-refractivity contribution < 1.29 is 4.74 Å². The van der Waals surface area contributed by atoms with Gasteiger partial charge in [-0.1, -0.05) is 0 Å². The van der Waals surface area contributed by atoms with Gasteiger partial charge >= 0.3 is 0 Å². The summed E-state index contributed by atoms with van der Waals surface area (Å²) in [6, 6.07) is 6.33. The summed E-state index contributed by atoms with van der Waals surface area (Å²) < 4.78 is 5.39. The van der Waals surface area contributed by atoms with E-state index in [0.717, 1.165) is 54.2 Å². The van der Waals surface area contributed by atoms with Gasteiger partial charge in [-0.25, -0.2) is 0 Å². The van der Waals surface area contributed by atoms with Crippen LogP contribution in [-0.4, -0.2) is 31.3 Å². The van der Waals surface area contributed by atoms with Gasteiger partial charge in [0.25, 0.3) is 0 Å². The molecule has 0 unspecified atom stereocenters. The Hall–Kier alpha value is -1.81. The molecule has 1 aliphatic rings. The summed E-state index contributed by atoms with van der Waals surface area (Å²) in [6.07, 6.45) is 0. The topological polar surface area (TPSA) is 51.4 Å². The van der Waals surface area contributed by atoms with Crippen LogP contribution in [0.25, 0.3) is 10.9 Å². The van der Waals surface area contributed by atoms with Crippen LogP contribution in [0.3, 0.4) is 0 Å². The molecule has 1 aliphatic heterocycles. The summed E-state index contributed by atoms with van der Waals surface area (Å²) in [5.74, 6) is 0. The van der Waals surface area contributed by atoms with Gasteiger partial charge < -0.3 is 15.4 Å². The van der Waals surface area contributed by atoms with Crippen LogP contribution in [0.1, 0.15) is 11.3 Å². The lowest BCUT2D eigenvalue weighted by Crippen LogP contribution is -2.36. The Morgan fingerprint density at radius 2 is 1.95 bits per heavy atom. The van der Waals surface area contributed by atoms with Crippen molar-refractivity contribution in [3.63, 3.8) is 0 Å². The Balaban J connectivity index is 2.09. The predicted molar refractivity (Wildman–Crippen MR) is 78.7 cm³/mol. The van der Waals surface area contributed by atoms with Crippen molar-refractivity contribution in [2.45, 2.75) is 13.8 Å². The maximum atomic E-state index is 6.23. The molecule has 1 aromatic heterocycles. The number of morpholine rings is 1. The molecule has 1 fully saturated rings. The molecule has 0 amide bonds. The Morgan fingerprint density at radius 1 is 1.21 bits per heavy atom. The van der Waals surface area contributed by atoms with Crippen molar-refractivity contribution >= 4 is 22.3 Å². The maximum absolute atomic E-state index is 6.23. The molecule has 0 atom stereocenters. The first-order chi connectivity index (χ1) is 9.16. The Kier molecular flexibility index (Phi) is 3.03. The highest BCUT2D eigenvalue weighted by Crippen LogP contribution is 2.29. The first-order valence-corrected chi connectivity index (χ1v) is 6.66. The minimum atomic E-state index is 0.790. The molecule has 4 nitrogen and oxygen atoms in total. The smallest absolute Gasteiger partial charge is 0.0727 e. The number of rotatable bonds is 1. The van der Waals surface area contributed by atoms with Crippen LogP contribution in [0, 0.1) is 13.8 Å². The van der Waals surface area contributed by atoms with Crippen LogP contribution in [0.4, 0.5) is 11.4 Å². The number of nitrogens with zero attached hydrogens (tertiary/aromatic N) is 2. The van der Waals surface area contributed by atoms with E-state index in [-0.39, 0.29) is 0 Å². The van der Waals surface area contributed by atoms with E-state index in [1.54, 1.807) is 0 Å². The molecule has 1 aromatic carbocycles. The second-order valence-electron chi connectivity index (χ2n) is 5.04. The van der Waals surface area contributed by atoms with Crippen molar-refractivity contribution in [3.8, 4) is 0 Å². The van der Waals surface area contributed by atoms with Crippen LogP contribution in [-0.2, 0) is 4.74 Å². The van der Waals surface area contributed by atoms with E-state index in [0.29, 0.717) is 0 Å². The molecular formula is C15H19N3O. The zero-order valence-electron chi connectivity index (χ0n) is 11.4. The lowest BCUT2D eigenvalue weighted by Gasteiger charge is -2.29. The molecule has 0 aliphatic carbocycles. The summed E-state index contributed by atoms with van der Waals surface area (Å²) in [7, 11) is 0. The number of pyridine rings is 1. The molecule has 2 heterocycles. The fraction of sp³-hybridized carbons (Fsp3) is 0.400. The minimum absolute atomic E-state index is 0.790. The highest BCUT2D eigenvalue weighted by Gasteiger charge is 2.13. The average Bonchev–Trinajstić information content (AvgIpc) is 2.46. The molecule has 19 heavy (non-hydrogen) atoms. The number of benzene rings is 1. The number of aryl methyl sites for hydroxylation is 1. The second kappa shape index (κ2) is 4.70. The SMILES string of the molecule is Cc1nc2ccc(N3CCOCC3)cc2c(N)c1C. The normalized spacial score (nSPS) is 16.0. The highest BCUT2D eigenvalue weighted by atomic mass is 16.5. The van der Waals surface area contributed by atoms with Gasteiger partial charge in [0.2, 0.25) is 0 Å². The fourth-order valence-electron chi connectivity index (χ4n) is 2.52. The van der Waals surface area contributed by atoms with Gasteiger partial charge in [-0.05, 0) is 37.6 Å². The van der Waals surface area contributed by atoms with Gasteiger partial charge in [-0.3, -0.25) is 4.98 Å². The summed E-state index contributed by atoms with van der Waals surface area (Å²) in [4.78, 5) is 6.93. The third kappa shape index (κ3) is 2.12. The fourth-order valence-corrected chi connectivity index (χ4v) is 2.52. The van der Waals surface area contributed by atoms with Gasteiger partial charge in [0.15, 0.2) is 0 Å². The van der Waals surface area contributed by atoms with E-state index < -0.39 is 0 Å². The first-order valence-electron chi connectivity index (χ1n) is 6.66. The summed E-state index contributed by atoms with van der Waals surface area (Å²) in [5.41, 5.74) is 11.3. The molecule has 2 aromatic rings. The van der Waals surface area contributed by atoms with Crippen molar-refractivity contribution in [3.05, 3.63) is 29.5 Å². The number of hydrogen-bond donors (Lipinski definition) is 1. The summed E-state index contributed by atoms with van der Waals surface area (Å²) >= 11 is 0. The Morgan fingerprint density at radius 3 is 2.68 bits per heavy atom. The zero-order valence-corrected chi connectivity index (χ0v) is 11.4. The monoisotopic (exact) mass is 257 g/mol. The molecule has 2 N–H and O–H groups in total. The standard InChI is InChI=1S/C15H19N3O/c1-10-11(2)17-14-4-3-12(9-13(14)15(10)16)18-5-7-19-8-6-18/h3-4,9H,5-8H2,1-2H3,(H2,16,17). The summed E-state index contributed by atoms with van der Waals surface area (Å²) in [5, 5.41) is 1.05. The van der Waals surface area contributed by atoms with E-state index in [2.05, 4.69) is 28.1 Å². The first kappa shape index (κ1) is 12.2. The molecule has 0 radical (unpaired) electrons. The van der Waals surface area contributed by atoms with Crippen molar-refractivity contribution in [2.75, 3.05) is 36.9 Å². The Labute approximate surface area is 113 Å². The zero-order chi connectivity index (χ0) is 13.4. The van der Waals surface area contributed by atoms with Crippen LogP contribution < -0.4 is 10.6 Å². The number of aromatic nitrogens is 1. The lowest BCUT2D eigenvalue weighted by atomic mass is 10.1. The van der Waals surface area contributed by atoms with E-state index >= 15 is 0 Å². The minimum Gasteiger partial charge on any atom is -0.398 e. The van der Waals surface area contributed by atoms with Crippen LogP contribution in [0.15, 0.2) is 18.2 Å². The van der Waals surface area contributed by atoms with Gasteiger partial charge in [-0.15, -0.1) is 0 Å². The van der Waals surface area contributed by atoms with Crippen molar-refractivity contribution in [1.82, 2.24) is 4.98 Å². The molecule has 100 valence electrons. The Bertz CT molecular complexity index is 618. The van der Waals surface area contributed by atoms with Crippen LogP contribution in [0.2, 0.25) is 0 Å². The van der Waals surface area contributed by atoms with Gasteiger partial charge in [0.1, 0.15) is 0 Å². The van der Waals surface area contributed by atoms with Gasteiger partial charge in [0, 0.05) is 35.5 Å². The quantitative estimate of drug-likeness (QED) is 0.851. The second-order valence-corrected chi connectivity index (χ2v) is 5.04. The number of anilines is 2. The number of nitrogens with two attached hydrogens (primary N) is 1. The third-order valence-corrected chi connectivity index (χ3v) is 3.88. The molecule has 0 spiro atoms. The van der Waals surface area contributed by atoms with E-state index in [4.69, 9.17) is 10.5 Å². The molecule has 3 rings (SSSR count). The third-order valence-electron chi connectivity index (χ3n) is 3.88. The largest absolute Gasteiger partial charge is 0.398 e. The molecule has 4 heteroatoms. The highest BCUT2D eigenvalue weighted by molar-refractivity contribution is 5.94. The van der Waals surface area contributed by atoms with E-state index in [1.165, 1.54) is 5.69 Å². The number of nitrogen functional groups attached to an aromatic ring is 1. The van der Waals surface area contributed by atoms with E-state index in [1.807, 2.05) is 13.8 Å². The maximum Gasteiger partial charge on any atom is 0.0727 e. The number of fused-ring (bicyclic) bond motifs is 1. The average molecular weight is 257 g/mol. The predicted octanol–water partition coefficient (Wildman–Crippen LogP) is 2.27. The van der Waals surface area contributed by atoms with Crippen molar-refractivity contribution in [2.24, 2.45) is 0 Å². The van der Waals surface area contributed by atoms with Crippen LogP contribution >= 0.6 is 0 Å². The lowest BCUT2D eigenvalue weighted by molar-refractivity contribution is 0.122. The number of hydrogen-bond acceptors (Lipinski definition) is 4. The summed E-state index contributed by atoms with van der Waals surface area (Å²) in [6.45, 7) is 7.48. The number of ether oxygens (including phenoxy) is 1. The molecule has 1 saturated heterocycles. The van der Waals surface area contributed by atoms with Gasteiger partial charge in [-0.2, -0.15) is 0 Å². The van der Waals surface area contributed by atoms with Gasteiger partial charge in [0.05, 0.1) is 18.7 Å². The molecule has 0 saturated carbocycles. The van der Waals surface area contributed by atoms with Crippen molar-refractivity contribution in [1.29, 1.82) is 0 Å².